The summed E-state index contributed by atoms with van der Waals surface area (Å²) in [6.45, 7) is 4.33. The molecule has 0 saturated carbocycles. The average Bonchev–Trinajstić information content (AvgIpc) is 3.24. The van der Waals surface area contributed by atoms with Crippen molar-refractivity contribution in [1.29, 1.82) is 0 Å². The van der Waals surface area contributed by atoms with E-state index in [1.54, 1.807) is 22.5 Å². The van der Waals surface area contributed by atoms with Crippen LogP contribution in [-0.2, 0) is 14.8 Å². The van der Waals surface area contributed by atoms with E-state index in [2.05, 4.69) is 16.5 Å². The second-order valence-corrected chi connectivity index (χ2v) is 7.88. The van der Waals surface area contributed by atoms with Crippen molar-refractivity contribution in [2.75, 3.05) is 22.3 Å². The number of carbonyl (C=O) groups is 1. The molecule has 1 fully saturated rings. The molecule has 1 saturated heterocycles. The van der Waals surface area contributed by atoms with Gasteiger partial charge in [0.05, 0.1) is 6.54 Å². The highest BCUT2D eigenvalue weighted by molar-refractivity contribution is 7.93. The van der Waals surface area contributed by atoms with Gasteiger partial charge in [0.2, 0.25) is 5.91 Å². The van der Waals surface area contributed by atoms with E-state index in [0.29, 0.717) is 23.9 Å². The standard InChI is InChI=1S/C15H16N4O3S2/c1-2-8-19(15-16-7-10-23-15)24(21,22)12-5-6-13(17-11-12)18-9-3-4-14(18)20/h2,5-7,10-11H,1,3-4,8-9H2. The molecule has 2 aromatic heterocycles. The molecular weight excluding hydrogens is 348 g/mol. The number of thiazole rings is 1. The Morgan fingerprint density at radius 2 is 2.21 bits per heavy atom. The molecule has 1 amide bonds. The topological polar surface area (TPSA) is 83.5 Å². The fourth-order valence-electron chi connectivity index (χ4n) is 2.44. The van der Waals surface area contributed by atoms with E-state index in [1.165, 1.54) is 34.0 Å². The number of amides is 1. The predicted octanol–water partition coefficient (Wildman–Crippen LogP) is 2.05. The molecule has 9 heteroatoms. The number of sulfonamides is 1. The zero-order valence-corrected chi connectivity index (χ0v) is 14.5. The molecule has 0 radical (unpaired) electrons. The number of carbonyl (C=O) groups excluding carboxylic acids is 1. The Hall–Kier alpha value is -2.26. The lowest BCUT2D eigenvalue weighted by Crippen LogP contribution is -2.31. The fraction of sp³-hybridized carbons (Fsp3) is 0.267. The van der Waals surface area contributed by atoms with Crippen molar-refractivity contribution in [2.24, 2.45) is 0 Å². The number of hydrogen-bond acceptors (Lipinski definition) is 6. The van der Waals surface area contributed by atoms with Gasteiger partial charge in [0.25, 0.3) is 10.0 Å². The first-order valence-electron chi connectivity index (χ1n) is 7.33. The van der Waals surface area contributed by atoms with Crippen LogP contribution in [0.5, 0.6) is 0 Å². The van der Waals surface area contributed by atoms with Crippen LogP contribution in [0.3, 0.4) is 0 Å². The van der Waals surface area contributed by atoms with Crippen LogP contribution < -0.4 is 9.21 Å². The van der Waals surface area contributed by atoms with Crippen molar-refractivity contribution in [3.05, 3.63) is 42.6 Å². The summed E-state index contributed by atoms with van der Waals surface area (Å²) in [5.74, 6) is 0.482. The molecule has 3 rings (SSSR count). The second kappa shape index (κ2) is 6.70. The lowest BCUT2D eigenvalue weighted by atomic mass is 10.4. The van der Waals surface area contributed by atoms with E-state index in [4.69, 9.17) is 0 Å². The molecule has 0 N–H and O–H groups in total. The highest BCUT2D eigenvalue weighted by atomic mass is 32.2. The van der Waals surface area contributed by atoms with Crippen LogP contribution >= 0.6 is 11.3 Å². The SMILES string of the molecule is C=CCN(c1nccs1)S(=O)(=O)c1ccc(N2CCCC2=O)nc1. The summed E-state index contributed by atoms with van der Waals surface area (Å²) in [6.07, 6.45) is 5.62. The molecule has 0 unspecified atom stereocenters. The Bertz CT molecular complexity index is 832. The van der Waals surface area contributed by atoms with E-state index in [0.717, 1.165) is 6.42 Å². The molecule has 1 aliphatic rings. The monoisotopic (exact) mass is 364 g/mol. The molecule has 0 spiro atoms. The van der Waals surface area contributed by atoms with E-state index < -0.39 is 10.0 Å². The maximum Gasteiger partial charge on any atom is 0.267 e. The Balaban J connectivity index is 1.91. The largest absolute Gasteiger partial charge is 0.297 e. The number of nitrogens with zero attached hydrogens (tertiary/aromatic N) is 4. The maximum atomic E-state index is 12.8. The summed E-state index contributed by atoms with van der Waals surface area (Å²) in [4.78, 5) is 21.6. The first-order valence-corrected chi connectivity index (χ1v) is 9.65. The Morgan fingerprint density at radius 3 is 2.75 bits per heavy atom. The Kier molecular flexibility index (Phi) is 4.63. The van der Waals surface area contributed by atoms with E-state index in [1.807, 2.05) is 0 Å². The lowest BCUT2D eigenvalue weighted by molar-refractivity contribution is -0.117. The molecule has 2 aromatic rings. The molecule has 0 aromatic carbocycles. The molecule has 0 atom stereocenters. The van der Waals surface area contributed by atoms with E-state index >= 15 is 0 Å². The summed E-state index contributed by atoms with van der Waals surface area (Å²) in [5.41, 5.74) is 0. The van der Waals surface area contributed by atoms with Crippen LogP contribution in [0.25, 0.3) is 0 Å². The van der Waals surface area contributed by atoms with Crippen LogP contribution in [0.1, 0.15) is 12.8 Å². The molecular formula is C15H16N4O3S2. The first-order chi connectivity index (χ1) is 11.5. The van der Waals surface area contributed by atoms with Crippen molar-refractivity contribution >= 4 is 38.2 Å². The highest BCUT2D eigenvalue weighted by Gasteiger charge is 2.27. The van der Waals surface area contributed by atoms with Gasteiger partial charge in [-0.05, 0) is 18.6 Å². The Labute approximate surface area is 144 Å². The summed E-state index contributed by atoms with van der Waals surface area (Å²) in [5, 5.41) is 2.08. The molecule has 3 heterocycles. The minimum Gasteiger partial charge on any atom is -0.297 e. The summed E-state index contributed by atoms with van der Waals surface area (Å²) < 4.78 is 26.9. The lowest BCUT2D eigenvalue weighted by Gasteiger charge is -2.20. The van der Waals surface area contributed by atoms with Crippen molar-refractivity contribution in [3.8, 4) is 0 Å². The zero-order chi connectivity index (χ0) is 17.2. The van der Waals surface area contributed by atoms with Gasteiger partial charge in [-0.2, -0.15) is 0 Å². The highest BCUT2D eigenvalue weighted by Crippen LogP contribution is 2.26. The molecule has 7 nitrogen and oxygen atoms in total. The molecule has 24 heavy (non-hydrogen) atoms. The molecule has 126 valence electrons. The van der Waals surface area contributed by atoms with E-state index in [9.17, 15) is 13.2 Å². The zero-order valence-electron chi connectivity index (χ0n) is 12.8. The first kappa shape index (κ1) is 16.6. The maximum absolute atomic E-state index is 12.8. The Morgan fingerprint density at radius 1 is 1.38 bits per heavy atom. The fourth-order valence-corrected chi connectivity index (χ4v) is 4.65. The normalized spacial score (nSPS) is 14.8. The van der Waals surface area contributed by atoms with Crippen LogP contribution in [0.15, 0.2) is 47.5 Å². The summed E-state index contributed by atoms with van der Waals surface area (Å²) in [7, 11) is -3.80. The van der Waals surface area contributed by atoms with Crippen molar-refractivity contribution in [3.63, 3.8) is 0 Å². The number of hydrogen-bond donors (Lipinski definition) is 0. The number of rotatable bonds is 6. The second-order valence-electron chi connectivity index (χ2n) is 5.14. The minimum absolute atomic E-state index is 0.00850. The molecule has 0 bridgehead atoms. The number of anilines is 2. The smallest absolute Gasteiger partial charge is 0.267 e. The van der Waals surface area contributed by atoms with Crippen LogP contribution in [0, 0.1) is 0 Å². The van der Waals surface area contributed by atoms with Gasteiger partial charge in [0.15, 0.2) is 5.13 Å². The van der Waals surface area contributed by atoms with Crippen LogP contribution in [0.2, 0.25) is 0 Å². The van der Waals surface area contributed by atoms with E-state index in [-0.39, 0.29) is 17.3 Å². The quantitative estimate of drug-likeness (QED) is 0.733. The van der Waals surface area contributed by atoms with Crippen molar-refractivity contribution in [1.82, 2.24) is 9.97 Å². The predicted molar refractivity (Wildman–Crippen MR) is 92.7 cm³/mol. The minimum atomic E-state index is -3.80. The van der Waals surface area contributed by atoms with Crippen LogP contribution in [-0.4, -0.2) is 37.4 Å². The third kappa shape index (κ3) is 3.04. The van der Waals surface area contributed by atoms with Gasteiger partial charge in [0, 0.05) is 30.7 Å². The summed E-state index contributed by atoms with van der Waals surface area (Å²) >= 11 is 1.23. The van der Waals surface area contributed by atoms with Crippen molar-refractivity contribution in [2.45, 2.75) is 17.7 Å². The van der Waals surface area contributed by atoms with Crippen LogP contribution in [0.4, 0.5) is 10.9 Å². The van der Waals surface area contributed by atoms with Gasteiger partial charge in [-0.1, -0.05) is 6.08 Å². The number of aromatic nitrogens is 2. The molecule has 1 aliphatic heterocycles. The van der Waals surface area contributed by atoms with Gasteiger partial charge in [-0.25, -0.2) is 22.7 Å². The third-order valence-electron chi connectivity index (χ3n) is 3.59. The van der Waals surface area contributed by atoms with Gasteiger partial charge in [0.1, 0.15) is 10.7 Å². The van der Waals surface area contributed by atoms with Gasteiger partial charge >= 0.3 is 0 Å². The van der Waals surface area contributed by atoms with Crippen molar-refractivity contribution < 1.29 is 13.2 Å². The number of pyridine rings is 1. The molecule has 0 aliphatic carbocycles. The van der Waals surface area contributed by atoms with Gasteiger partial charge in [-0.3, -0.25) is 9.69 Å². The average molecular weight is 364 g/mol. The van der Waals surface area contributed by atoms with Gasteiger partial charge < -0.3 is 0 Å². The van der Waals surface area contributed by atoms with Gasteiger partial charge in [-0.15, -0.1) is 17.9 Å². The third-order valence-corrected chi connectivity index (χ3v) is 6.24. The summed E-state index contributed by atoms with van der Waals surface area (Å²) in [6, 6.07) is 3.02.